The molecule has 160 valence electrons. The molecule has 0 spiro atoms. The van der Waals surface area contributed by atoms with Gasteiger partial charge in [-0.15, -0.1) is 10.2 Å². The van der Waals surface area contributed by atoms with Crippen LogP contribution in [0.25, 0.3) is 16.9 Å². The van der Waals surface area contributed by atoms with Crippen LogP contribution in [0.1, 0.15) is 6.42 Å². The topological polar surface area (TPSA) is 102 Å². The number of fused-ring (bicyclic) bond motifs is 1. The number of hydrogen-bond donors (Lipinski definition) is 1. The minimum Gasteiger partial charge on any atom is -0.497 e. The Hall–Kier alpha value is -4.27. The molecule has 0 saturated carbocycles. The van der Waals surface area contributed by atoms with Gasteiger partial charge >= 0.3 is 0 Å². The molecule has 2 aromatic heterocycles. The smallest absolute Gasteiger partial charge is 0.229 e. The van der Waals surface area contributed by atoms with Crippen LogP contribution in [-0.2, 0) is 9.59 Å². The van der Waals surface area contributed by atoms with E-state index in [-0.39, 0.29) is 18.2 Å². The van der Waals surface area contributed by atoms with Gasteiger partial charge in [-0.2, -0.15) is 9.61 Å². The first kappa shape index (κ1) is 19.7. The number of nitrogens with zero attached hydrogens (tertiary/aromatic N) is 5. The number of anilines is 2. The number of aromatic nitrogens is 4. The number of methoxy groups -OCH3 is 1. The Morgan fingerprint density at radius 3 is 2.78 bits per heavy atom. The Labute approximate surface area is 183 Å². The summed E-state index contributed by atoms with van der Waals surface area (Å²) in [6.45, 7) is 0.332. The van der Waals surface area contributed by atoms with E-state index in [1.165, 1.54) is 0 Å². The summed E-state index contributed by atoms with van der Waals surface area (Å²) < 4.78 is 6.84. The van der Waals surface area contributed by atoms with Crippen molar-refractivity contribution in [1.29, 1.82) is 0 Å². The van der Waals surface area contributed by atoms with E-state index in [4.69, 9.17) is 4.74 Å². The van der Waals surface area contributed by atoms with Gasteiger partial charge in [-0.25, -0.2) is 0 Å². The third-order valence-electron chi connectivity index (χ3n) is 5.47. The second-order valence-corrected chi connectivity index (χ2v) is 7.53. The third-order valence-corrected chi connectivity index (χ3v) is 5.47. The lowest BCUT2D eigenvalue weighted by atomic mass is 10.1. The number of ether oxygens (including phenoxy) is 1. The average Bonchev–Trinajstić information content (AvgIpc) is 3.45. The van der Waals surface area contributed by atoms with Crippen LogP contribution in [0.4, 0.5) is 11.4 Å². The SMILES string of the molecule is COc1cccc(N2CC(C(=O)Nc3ccc(-c4ccc5nncn5n4)cc3)CC2=O)c1. The summed E-state index contributed by atoms with van der Waals surface area (Å²) in [5, 5.41) is 15.2. The van der Waals surface area contributed by atoms with Crippen LogP contribution in [-0.4, -0.2) is 45.3 Å². The van der Waals surface area contributed by atoms with Gasteiger partial charge in [0.2, 0.25) is 11.8 Å². The standard InChI is InChI=1S/C23H20N6O3/c1-32-19-4-2-3-18(12-19)28-13-16(11-22(28)30)23(31)25-17-7-5-15(6-8-17)20-9-10-21-26-24-14-29(21)27-20/h2-10,12,14,16H,11,13H2,1H3,(H,25,31). The van der Waals surface area contributed by atoms with Gasteiger partial charge in [-0.3, -0.25) is 9.59 Å². The highest BCUT2D eigenvalue weighted by molar-refractivity contribution is 6.03. The van der Waals surface area contributed by atoms with Crippen LogP contribution in [0.3, 0.4) is 0 Å². The molecular formula is C23H20N6O3. The fraction of sp³-hybridized carbons (Fsp3) is 0.174. The number of nitrogens with one attached hydrogen (secondary N) is 1. The van der Waals surface area contributed by atoms with Crippen molar-refractivity contribution in [3.8, 4) is 17.0 Å². The maximum absolute atomic E-state index is 12.8. The molecule has 3 heterocycles. The van der Waals surface area contributed by atoms with Gasteiger partial charge < -0.3 is 15.0 Å². The van der Waals surface area contributed by atoms with E-state index in [2.05, 4.69) is 20.6 Å². The van der Waals surface area contributed by atoms with Gasteiger partial charge in [-0.05, 0) is 36.4 Å². The molecule has 9 nitrogen and oxygen atoms in total. The zero-order chi connectivity index (χ0) is 22.1. The van der Waals surface area contributed by atoms with Crippen LogP contribution < -0.4 is 15.0 Å². The summed E-state index contributed by atoms with van der Waals surface area (Å²) in [7, 11) is 1.58. The number of rotatable bonds is 5. The molecule has 2 aromatic carbocycles. The van der Waals surface area contributed by atoms with Crippen molar-refractivity contribution in [3.05, 3.63) is 67.0 Å². The van der Waals surface area contributed by atoms with Crippen LogP contribution in [0, 0.1) is 5.92 Å². The van der Waals surface area contributed by atoms with Crippen LogP contribution >= 0.6 is 0 Å². The van der Waals surface area contributed by atoms with Crippen LogP contribution in [0.15, 0.2) is 67.0 Å². The first-order valence-corrected chi connectivity index (χ1v) is 10.1. The fourth-order valence-electron chi connectivity index (χ4n) is 3.76. The zero-order valence-electron chi connectivity index (χ0n) is 17.3. The highest BCUT2D eigenvalue weighted by atomic mass is 16.5. The lowest BCUT2D eigenvalue weighted by Gasteiger charge is -2.17. The van der Waals surface area contributed by atoms with Gasteiger partial charge in [0.25, 0.3) is 0 Å². The largest absolute Gasteiger partial charge is 0.497 e. The Balaban J connectivity index is 1.26. The molecule has 0 aliphatic carbocycles. The third kappa shape index (κ3) is 3.76. The summed E-state index contributed by atoms with van der Waals surface area (Å²) in [5.41, 5.74) is 3.74. The fourth-order valence-corrected chi connectivity index (χ4v) is 3.76. The number of carbonyl (C=O) groups is 2. The summed E-state index contributed by atoms with van der Waals surface area (Å²) >= 11 is 0. The lowest BCUT2D eigenvalue weighted by Crippen LogP contribution is -2.28. The molecule has 5 rings (SSSR count). The second kappa shape index (κ2) is 8.10. The molecule has 1 saturated heterocycles. The van der Waals surface area contributed by atoms with Gasteiger partial charge in [0.1, 0.15) is 12.1 Å². The van der Waals surface area contributed by atoms with Crippen molar-refractivity contribution in [2.24, 2.45) is 5.92 Å². The first-order valence-electron chi connectivity index (χ1n) is 10.1. The molecule has 0 radical (unpaired) electrons. The van der Waals surface area contributed by atoms with E-state index in [0.29, 0.717) is 23.6 Å². The molecule has 1 atom stereocenters. The number of amides is 2. The van der Waals surface area contributed by atoms with E-state index >= 15 is 0 Å². The Morgan fingerprint density at radius 1 is 1.12 bits per heavy atom. The molecular weight excluding hydrogens is 408 g/mol. The Kier molecular flexibility index (Phi) is 4.98. The normalized spacial score (nSPS) is 15.8. The van der Waals surface area contributed by atoms with E-state index < -0.39 is 5.92 Å². The first-order chi connectivity index (χ1) is 15.6. The Bertz CT molecular complexity index is 1300. The van der Waals surface area contributed by atoms with E-state index in [1.54, 1.807) is 28.9 Å². The summed E-state index contributed by atoms with van der Waals surface area (Å²) in [5.74, 6) is -0.0165. The van der Waals surface area contributed by atoms with Crippen molar-refractivity contribution >= 4 is 28.8 Å². The highest BCUT2D eigenvalue weighted by Crippen LogP contribution is 2.29. The molecule has 1 N–H and O–H groups in total. The number of carbonyl (C=O) groups excluding carboxylic acids is 2. The molecule has 32 heavy (non-hydrogen) atoms. The average molecular weight is 428 g/mol. The van der Waals surface area contributed by atoms with Crippen molar-refractivity contribution in [1.82, 2.24) is 19.8 Å². The van der Waals surface area contributed by atoms with Gasteiger partial charge in [0.05, 0.1) is 18.7 Å². The Morgan fingerprint density at radius 2 is 1.97 bits per heavy atom. The number of benzene rings is 2. The number of hydrogen-bond acceptors (Lipinski definition) is 6. The summed E-state index contributed by atoms with van der Waals surface area (Å²) in [6.07, 6.45) is 1.72. The van der Waals surface area contributed by atoms with Crippen LogP contribution in [0.2, 0.25) is 0 Å². The molecule has 0 bridgehead atoms. The maximum Gasteiger partial charge on any atom is 0.229 e. The minimum atomic E-state index is -0.425. The molecule has 9 heteroatoms. The highest BCUT2D eigenvalue weighted by Gasteiger charge is 2.35. The monoisotopic (exact) mass is 428 g/mol. The minimum absolute atomic E-state index is 0.0794. The van der Waals surface area contributed by atoms with Gasteiger partial charge in [0, 0.05) is 36.0 Å². The van der Waals surface area contributed by atoms with E-state index in [0.717, 1.165) is 16.9 Å². The molecule has 1 aliphatic rings. The van der Waals surface area contributed by atoms with E-state index in [1.807, 2.05) is 54.6 Å². The summed E-state index contributed by atoms with van der Waals surface area (Å²) in [6, 6.07) is 18.4. The lowest BCUT2D eigenvalue weighted by molar-refractivity contribution is -0.122. The summed E-state index contributed by atoms with van der Waals surface area (Å²) in [4.78, 5) is 26.9. The zero-order valence-corrected chi connectivity index (χ0v) is 17.3. The quantitative estimate of drug-likeness (QED) is 0.525. The van der Waals surface area contributed by atoms with Crippen molar-refractivity contribution in [3.63, 3.8) is 0 Å². The van der Waals surface area contributed by atoms with Crippen molar-refractivity contribution in [2.75, 3.05) is 23.9 Å². The van der Waals surface area contributed by atoms with Crippen LogP contribution in [0.5, 0.6) is 5.75 Å². The molecule has 1 aliphatic heterocycles. The van der Waals surface area contributed by atoms with Crippen molar-refractivity contribution < 1.29 is 14.3 Å². The molecule has 1 fully saturated rings. The second-order valence-electron chi connectivity index (χ2n) is 7.53. The molecule has 1 unspecified atom stereocenters. The van der Waals surface area contributed by atoms with Crippen molar-refractivity contribution in [2.45, 2.75) is 6.42 Å². The van der Waals surface area contributed by atoms with Gasteiger partial charge in [-0.1, -0.05) is 18.2 Å². The molecule has 2 amide bonds. The maximum atomic E-state index is 12.8. The van der Waals surface area contributed by atoms with E-state index in [9.17, 15) is 9.59 Å². The predicted octanol–water partition coefficient (Wildman–Crippen LogP) is 2.79. The van der Waals surface area contributed by atoms with Gasteiger partial charge in [0.15, 0.2) is 5.65 Å². The molecule has 4 aromatic rings. The predicted molar refractivity (Wildman–Crippen MR) is 118 cm³/mol.